The largest absolute Gasteiger partial charge is 0.417 e. The first-order chi connectivity index (χ1) is 12.0. The third kappa shape index (κ3) is 3.08. The smallest absolute Gasteiger partial charge is 0.280 e. The Hall–Kier alpha value is -1.72. The van der Waals surface area contributed by atoms with Crippen molar-refractivity contribution in [2.45, 2.75) is 32.0 Å². The molecule has 2 nitrogen and oxygen atoms in total. The van der Waals surface area contributed by atoms with E-state index in [1.54, 1.807) is 6.07 Å². The van der Waals surface area contributed by atoms with E-state index in [0.717, 1.165) is 16.1 Å². The first kappa shape index (κ1) is 19.1. The highest BCUT2D eigenvalue weighted by atomic mass is 35.5. The van der Waals surface area contributed by atoms with Crippen molar-refractivity contribution < 1.29 is 13.2 Å². The lowest BCUT2D eigenvalue weighted by Crippen LogP contribution is -2.50. The van der Waals surface area contributed by atoms with Crippen LogP contribution >= 0.6 is 23.2 Å². The van der Waals surface area contributed by atoms with Crippen LogP contribution in [0.15, 0.2) is 41.5 Å². The third-order valence-corrected chi connectivity index (χ3v) is 5.33. The summed E-state index contributed by atoms with van der Waals surface area (Å²) in [5.41, 5.74) is 0.804. The van der Waals surface area contributed by atoms with E-state index >= 15 is 0 Å². The van der Waals surface area contributed by atoms with Crippen LogP contribution in [0.5, 0.6) is 0 Å². The van der Waals surface area contributed by atoms with Gasteiger partial charge >= 0.3 is 6.18 Å². The molecule has 0 amide bonds. The Balaban J connectivity index is 2.12. The van der Waals surface area contributed by atoms with Crippen molar-refractivity contribution in [3.8, 4) is 0 Å². The van der Waals surface area contributed by atoms with Gasteiger partial charge in [0, 0.05) is 23.5 Å². The molecule has 0 fully saturated rings. The Morgan fingerprint density at radius 1 is 1.00 bits per heavy atom. The highest BCUT2D eigenvalue weighted by molar-refractivity contribution is 6.34. The van der Waals surface area contributed by atoms with Crippen molar-refractivity contribution in [3.05, 3.63) is 68.7 Å². The third-order valence-electron chi connectivity index (χ3n) is 4.90. The molecule has 1 aliphatic rings. The number of nitrogens with zero attached hydrogens (tertiary/aromatic N) is 2. The lowest BCUT2D eigenvalue weighted by Gasteiger charge is -2.37. The van der Waals surface area contributed by atoms with E-state index in [-0.39, 0.29) is 22.0 Å². The van der Waals surface area contributed by atoms with Crippen molar-refractivity contribution in [1.29, 1.82) is 0 Å². The van der Waals surface area contributed by atoms with E-state index in [1.165, 1.54) is 25.2 Å². The molecule has 1 unspecified atom stereocenters. The molecule has 2 aromatic rings. The molecular weight excluding hydrogens is 384 g/mol. The Bertz CT molecular complexity index is 873. The van der Waals surface area contributed by atoms with E-state index in [4.69, 9.17) is 23.2 Å². The molecule has 0 radical (unpaired) electrons. The van der Waals surface area contributed by atoms with Crippen molar-refractivity contribution in [2.24, 2.45) is 5.10 Å². The minimum absolute atomic E-state index is 0.0208. The van der Waals surface area contributed by atoms with Crippen molar-refractivity contribution in [2.75, 3.05) is 7.05 Å². The summed E-state index contributed by atoms with van der Waals surface area (Å²) in [7, 11) is 1.33. The first-order valence-electron chi connectivity index (χ1n) is 7.97. The van der Waals surface area contributed by atoms with Gasteiger partial charge in [0.05, 0.1) is 5.71 Å². The van der Waals surface area contributed by atoms with Gasteiger partial charge in [0.15, 0.2) is 5.54 Å². The Kier molecular flexibility index (Phi) is 4.74. The standard InChI is InChI=1S/C19H17Cl2F3N2/c1-11-4-5-13(6-12(11)2)17-10-18(19(22,23)24,26(3)25-17)14-7-15(20)9-16(21)8-14/h4-9H,10H2,1-3H3. The number of aryl methyl sites for hydroxylation is 2. The van der Waals surface area contributed by atoms with Crippen LogP contribution in [0, 0.1) is 13.8 Å². The molecule has 1 heterocycles. The van der Waals surface area contributed by atoms with E-state index in [0.29, 0.717) is 11.3 Å². The molecule has 0 aliphatic carbocycles. The predicted octanol–water partition coefficient (Wildman–Crippen LogP) is 6.11. The molecule has 3 rings (SSSR count). The number of benzene rings is 2. The zero-order chi connectivity index (χ0) is 19.3. The van der Waals surface area contributed by atoms with Crippen LogP contribution < -0.4 is 0 Å². The second-order valence-electron chi connectivity index (χ2n) is 6.56. The Morgan fingerprint density at radius 3 is 2.15 bits per heavy atom. The minimum Gasteiger partial charge on any atom is -0.280 e. The van der Waals surface area contributed by atoms with Gasteiger partial charge in [0.25, 0.3) is 0 Å². The van der Waals surface area contributed by atoms with Gasteiger partial charge in [-0.2, -0.15) is 18.3 Å². The van der Waals surface area contributed by atoms with Gasteiger partial charge in [0.1, 0.15) is 0 Å². The molecule has 1 aliphatic heterocycles. The number of hydrogen-bond donors (Lipinski definition) is 0. The maximum absolute atomic E-state index is 14.2. The summed E-state index contributed by atoms with van der Waals surface area (Å²) in [4.78, 5) is 0. The summed E-state index contributed by atoms with van der Waals surface area (Å²) < 4.78 is 42.7. The van der Waals surface area contributed by atoms with Crippen LogP contribution in [-0.2, 0) is 5.54 Å². The SMILES string of the molecule is Cc1ccc(C2=NN(C)C(c3cc(Cl)cc(Cl)c3)(C(F)(F)F)C2)cc1C. The van der Waals surface area contributed by atoms with Crippen LogP contribution in [0.1, 0.15) is 28.7 Å². The lowest BCUT2D eigenvalue weighted by molar-refractivity contribution is -0.227. The van der Waals surface area contributed by atoms with Crippen LogP contribution in [0.4, 0.5) is 13.2 Å². The molecule has 2 aromatic carbocycles. The molecular formula is C19H17Cl2F3N2. The van der Waals surface area contributed by atoms with Gasteiger partial charge in [-0.1, -0.05) is 35.3 Å². The number of hydrazone groups is 1. The highest BCUT2D eigenvalue weighted by Gasteiger charge is 2.62. The fourth-order valence-electron chi connectivity index (χ4n) is 3.27. The van der Waals surface area contributed by atoms with Gasteiger partial charge in [0.2, 0.25) is 0 Å². The van der Waals surface area contributed by atoms with Crippen LogP contribution in [-0.4, -0.2) is 23.9 Å². The van der Waals surface area contributed by atoms with Crippen molar-refractivity contribution in [3.63, 3.8) is 0 Å². The summed E-state index contributed by atoms with van der Waals surface area (Å²) in [5, 5.41) is 5.51. The second kappa shape index (κ2) is 6.46. The molecule has 138 valence electrons. The molecule has 0 saturated carbocycles. The average molecular weight is 401 g/mol. The van der Waals surface area contributed by atoms with Crippen LogP contribution in [0.2, 0.25) is 10.0 Å². The Labute approximate surface area is 160 Å². The topological polar surface area (TPSA) is 15.6 Å². The minimum atomic E-state index is -4.57. The highest BCUT2D eigenvalue weighted by Crippen LogP contribution is 2.50. The summed E-state index contributed by atoms with van der Waals surface area (Å²) >= 11 is 11.9. The molecule has 7 heteroatoms. The van der Waals surface area contributed by atoms with Crippen molar-refractivity contribution >= 4 is 28.9 Å². The molecule has 0 aromatic heterocycles. The normalized spacial score (nSPS) is 20.5. The maximum atomic E-state index is 14.2. The van der Waals surface area contributed by atoms with Gasteiger partial charge < -0.3 is 0 Å². The van der Waals surface area contributed by atoms with E-state index in [2.05, 4.69) is 5.10 Å². The zero-order valence-corrected chi connectivity index (χ0v) is 16.0. The van der Waals surface area contributed by atoms with Crippen LogP contribution in [0.25, 0.3) is 0 Å². The number of halogens is 5. The zero-order valence-electron chi connectivity index (χ0n) is 14.5. The summed E-state index contributed by atoms with van der Waals surface area (Å²) in [6.07, 6.45) is -4.88. The van der Waals surface area contributed by atoms with E-state index in [1.807, 2.05) is 26.0 Å². The van der Waals surface area contributed by atoms with Crippen LogP contribution in [0.3, 0.4) is 0 Å². The average Bonchev–Trinajstić information content (AvgIpc) is 2.87. The second-order valence-corrected chi connectivity index (χ2v) is 7.44. The molecule has 26 heavy (non-hydrogen) atoms. The fraction of sp³-hybridized carbons (Fsp3) is 0.316. The predicted molar refractivity (Wildman–Crippen MR) is 99.0 cm³/mol. The van der Waals surface area contributed by atoms with E-state index in [9.17, 15) is 13.2 Å². The van der Waals surface area contributed by atoms with Gasteiger partial charge in [-0.3, -0.25) is 5.01 Å². The number of rotatable bonds is 2. The van der Waals surface area contributed by atoms with Gasteiger partial charge in [-0.25, -0.2) is 0 Å². The van der Waals surface area contributed by atoms with E-state index < -0.39 is 11.7 Å². The van der Waals surface area contributed by atoms with Gasteiger partial charge in [-0.15, -0.1) is 0 Å². The molecule has 0 saturated heterocycles. The number of alkyl halides is 3. The molecule has 0 N–H and O–H groups in total. The summed E-state index contributed by atoms with van der Waals surface area (Å²) in [6, 6.07) is 9.56. The molecule has 1 atom stereocenters. The quantitative estimate of drug-likeness (QED) is 0.593. The summed E-state index contributed by atoms with van der Waals surface area (Å²) in [5.74, 6) is 0. The monoisotopic (exact) mass is 400 g/mol. The number of hydrogen-bond acceptors (Lipinski definition) is 2. The lowest BCUT2D eigenvalue weighted by atomic mass is 9.83. The summed E-state index contributed by atoms with van der Waals surface area (Å²) in [6.45, 7) is 3.88. The maximum Gasteiger partial charge on any atom is 0.417 e. The fourth-order valence-corrected chi connectivity index (χ4v) is 3.79. The Morgan fingerprint density at radius 2 is 1.62 bits per heavy atom. The molecule has 0 spiro atoms. The van der Waals surface area contributed by atoms with Crippen molar-refractivity contribution in [1.82, 2.24) is 5.01 Å². The molecule has 0 bridgehead atoms. The van der Waals surface area contributed by atoms with Gasteiger partial charge in [-0.05, 0) is 60.4 Å². The first-order valence-corrected chi connectivity index (χ1v) is 8.72.